The number of hydrogen-bond acceptors (Lipinski definition) is 3. The van der Waals surface area contributed by atoms with E-state index in [2.05, 4.69) is 0 Å². The molecule has 0 unspecified atom stereocenters. The van der Waals surface area contributed by atoms with E-state index in [0.717, 1.165) is 25.7 Å². The molecule has 1 aliphatic heterocycles. The fourth-order valence-electron chi connectivity index (χ4n) is 2.80. The third-order valence-electron chi connectivity index (χ3n) is 3.84. The number of likely N-dealkylation sites (N-methyl/N-ethyl adjacent to an activating group) is 1. The summed E-state index contributed by atoms with van der Waals surface area (Å²) >= 11 is 0. The van der Waals surface area contributed by atoms with E-state index < -0.39 is 15.8 Å². The highest BCUT2D eigenvalue weighted by Crippen LogP contribution is 2.31. The Labute approximate surface area is 104 Å². The van der Waals surface area contributed by atoms with Crippen molar-refractivity contribution in [3.8, 4) is 0 Å². The van der Waals surface area contributed by atoms with Gasteiger partial charge >= 0.3 is 0 Å². The summed E-state index contributed by atoms with van der Waals surface area (Å²) in [6.45, 7) is 1.46. The SMILES string of the molecule is CN(CC1(O)CCCC1)S(=O)(=O)N1CCCC1. The number of hydrogen-bond donors (Lipinski definition) is 1. The van der Waals surface area contributed by atoms with Gasteiger partial charge in [0.2, 0.25) is 0 Å². The highest BCUT2D eigenvalue weighted by atomic mass is 32.2. The Bertz CT molecular complexity index is 357. The molecule has 2 rings (SSSR count). The van der Waals surface area contributed by atoms with Crippen molar-refractivity contribution in [3.05, 3.63) is 0 Å². The highest BCUT2D eigenvalue weighted by molar-refractivity contribution is 7.86. The molecule has 0 aromatic heterocycles. The molecule has 1 saturated carbocycles. The van der Waals surface area contributed by atoms with E-state index in [4.69, 9.17) is 0 Å². The zero-order valence-electron chi connectivity index (χ0n) is 10.4. The normalized spacial score (nSPS) is 25.8. The van der Waals surface area contributed by atoms with Gasteiger partial charge in [0.15, 0.2) is 0 Å². The van der Waals surface area contributed by atoms with Crippen molar-refractivity contribution in [1.29, 1.82) is 0 Å². The van der Waals surface area contributed by atoms with Gasteiger partial charge in [0, 0.05) is 26.7 Å². The zero-order chi connectivity index (χ0) is 12.5. The second kappa shape index (κ2) is 4.84. The quantitative estimate of drug-likeness (QED) is 0.805. The van der Waals surface area contributed by atoms with Gasteiger partial charge in [-0.3, -0.25) is 0 Å². The Balaban J connectivity index is 2.01. The first-order valence-corrected chi connectivity index (χ1v) is 7.78. The molecule has 0 aromatic carbocycles. The van der Waals surface area contributed by atoms with Crippen LogP contribution in [0.3, 0.4) is 0 Å². The zero-order valence-corrected chi connectivity index (χ0v) is 11.2. The molecule has 100 valence electrons. The molecule has 17 heavy (non-hydrogen) atoms. The molecule has 1 heterocycles. The molecule has 0 amide bonds. The third kappa shape index (κ3) is 2.81. The second-order valence-corrected chi connectivity index (χ2v) is 7.34. The summed E-state index contributed by atoms with van der Waals surface area (Å²) in [5.41, 5.74) is -0.804. The van der Waals surface area contributed by atoms with E-state index >= 15 is 0 Å². The molecule has 0 spiro atoms. The van der Waals surface area contributed by atoms with Crippen LogP contribution in [0, 0.1) is 0 Å². The summed E-state index contributed by atoms with van der Waals surface area (Å²) in [4.78, 5) is 0. The van der Waals surface area contributed by atoms with Crippen molar-refractivity contribution in [3.63, 3.8) is 0 Å². The van der Waals surface area contributed by atoms with Crippen LogP contribution in [0.25, 0.3) is 0 Å². The van der Waals surface area contributed by atoms with Crippen LogP contribution in [-0.2, 0) is 10.2 Å². The van der Waals surface area contributed by atoms with Crippen molar-refractivity contribution in [2.24, 2.45) is 0 Å². The Morgan fingerprint density at radius 1 is 1.18 bits per heavy atom. The lowest BCUT2D eigenvalue weighted by Crippen LogP contribution is -2.47. The van der Waals surface area contributed by atoms with Crippen LogP contribution in [0.15, 0.2) is 0 Å². The number of nitrogens with zero attached hydrogens (tertiary/aromatic N) is 2. The fourth-order valence-corrected chi connectivity index (χ4v) is 4.32. The molecule has 0 aromatic rings. The van der Waals surface area contributed by atoms with Gasteiger partial charge in [-0.1, -0.05) is 12.8 Å². The second-order valence-electron chi connectivity index (χ2n) is 5.30. The van der Waals surface area contributed by atoms with E-state index in [1.807, 2.05) is 0 Å². The molecule has 0 radical (unpaired) electrons. The lowest BCUT2D eigenvalue weighted by molar-refractivity contribution is 0.0323. The first-order valence-electron chi connectivity index (χ1n) is 6.38. The minimum atomic E-state index is -3.36. The molecule has 1 saturated heterocycles. The van der Waals surface area contributed by atoms with Gasteiger partial charge in [0.05, 0.1) is 5.60 Å². The Kier molecular flexibility index (Phi) is 3.77. The number of rotatable bonds is 4. The molecule has 2 aliphatic rings. The van der Waals surface area contributed by atoms with Gasteiger partial charge in [-0.2, -0.15) is 17.0 Å². The average molecular weight is 262 g/mol. The van der Waals surface area contributed by atoms with Crippen molar-refractivity contribution in [2.45, 2.75) is 44.1 Å². The van der Waals surface area contributed by atoms with Crippen molar-refractivity contribution in [2.75, 3.05) is 26.7 Å². The van der Waals surface area contributed by atoms with E-state index in [-0.39, 0.29) is 6.54 Å². The standard InChI is InChI=1S/C11H22N2O3S/c1-12(10-11(14)6-2-3-7-11)17(15,16)13-8-4-5-9-13/h14H,2-10H2,1H3. The van der Waals surface area contributed by atoms with Crippen LogP contribution in [0.1, 0.15) is 38.5 Å². The highest BCUT2D eigenvalue weighted by Gasteiger charge is 2.37. The first-order chi connectivity index (χ1) is 7.94. The molecule has 5 nitrogen and oxygen atoms in total. The predicted octanol–water partition coefficient (Wildman–Crippen LogP) is 0.564. The summed E-state index contributed by atoms with van der Waals surface area (Å²) in [5.74, 6) is 0. The molecule has 0 bridgehead atoms. The minimum absolute atomic E-state index is 0.228. The van der Waals surface area contributed by atoms with Gasteiger partial charge in [-0.05, 0) is 25.7 Å². The summed E-state index contributed by atoms with van der Waals surface area (Å²) in [6.07, 6.45) is 5.30. The molecule has 6 heteroatoms. The maximum absolute atomic E-state index is 12.2. The van der Waals surface area contributed by atoms with Crippen LogP contribution in [0.2, 0.25) is 0 Å². The summed E-state index contributed by atoms with van der Waals surface area (Å²) in [5, 5.41) is 10.2. The number of aliphatic hydroxyl groups is 1. The van der Waals surface area contributed by atoms with Crippen molar-refractivity contribution in [1.82, 2.24) is 8.61 Å². The summed E-state index contributed by atoms with van der Waals surface area (Å²) in [7, 11) is -1.78. The van der Waals surface area contributed by atoms with Crippen LogP contribution < -0.4 is 0 Å². The molecule has 1 N–H and O–H groups in total. The van der Waals surface area contributed by atoms with Gasteiger partial charge < -0.3 is 5.11 Å². The van der Waals surface area contributed by atoms with E-state index in [1.54, 1.807) is 7.05 Å². The molecule has 0 atom stereocenters. The molecule has 2 fully saturated rings. The van der Waals surface area contributed by atoms with Crippen LogP contribution >= 0.6 is 0 Å². The largest absolute Gasteiger partial charge is 0.389 e. The predicted molar refractivity (Wildman–Crippen MR) is 65.8 cm³/mol. The monoisotopic (exact) mass is 262 g/mol. The van der Waals surface area contributed by atoms with Gasteiger partial charge in [-0.15, -0.1) is 0 Å². The fraction of sp³-hybridized carbons (Fsp3) is 1.00. The van der Waals surface area contributed by atoms with Gasteiger partial charge in [0.1, 0.15) is 0 Å². The Morgan fingerprint density at radius 3 is 2.24 bits per heavy atom. The molecular formula is C11H22N2O3S. The maximum Gasteiger partial charge on any atom is 0.281 e. The molecule has 1 aliphatic carbocycles. The molecular weight excluding hydrogens is 240 g/mol. The van der Waals surface area contributed by atoms with Crippen molar-refractivity contribution < 1.29 is 13.5 Å². The van der Waals surface area contributed by atoms with Gasteiger partial charge in [-0.25, -0.2) is 0 Å². The topological polar surface area (TPSA) is 60.9 Å². The van der Waals surface area contributed by atoms with Crippen LogP contribution in [-0.4, -0.2) is 54.4 Å². The van der Waals surface area contributed by atoms with Gasteiger partial charge in [0.25, 0.3) is 10.2 Å². The van der Waals surface area contributed by atoms with Crippen LogP contribution in [0.5, 0.6) is 0 Å². The first kappa shape index (κ1) is 13.3. The average Bonchev–Trinajstić information content (AvgIpc) is 2.88. The maximum atomic E-state index is 12.2. The Morgan fingerprint density at radius 2 is 1.71 bits per heavy atom. The van der Waals surface area contributed by atoms with E-state index in [0.29, 0.717) is 25.9 Å². The third-order valence-corrected chi connectivity index (χ3v) is 5.77. The Hall–Kier alpha value is -0.170. The smallest absolute Gasteiger partial charge is 0.281 e. The summed E-state index contributed by atoms with van der Waals surface area (Å²) in [6, 6.07) is 0. The van der Waals surface area contributed by atoms with E-state index in [1.165, 1.54) is 8.61 Å². The van der Waals surface area contributed by atoms with Crippen LogP contribution in [0.4, 0.5) is 0 Å². The summed E-state index contributed by atoms with van der Waals surface area (Å²) < 4.78 is 27.2. The lowest BCUT2D eigenvalue weighted by Gasteiger charge is -2.30. The minimum Gasteiger partial charge on any atom is -0.389 e. The van der Waals surface area contributed by atoms with Crippen molar-refractivity contribution >= 4 is 10.2 Å². The van der Waals surface area contributed by atoms with E-state index in [9.17, 15) is 13.5 Å². The lowest BCUT2D eigenvalue weighted by atomic mass is 10.0.